The van der Waals surface area contributed by atoms with Crippen molar-refractivity contribution in [1.29, 1.82) is 0 Å². The van der Waals surface area contributed by atoms with Crippen molar-refractivity contribution in [2.75, 3.05) is 7.11 Å². The van der Waals surface area contributed by atoms with E-state index < -0.39 is 4.92 Å². The van der Waals surface area contributed by atoms with Gasteiger partial charge in [-0.25, -0.2) is 0 Å². The summed E-state index contributed by atoms with van der Waals surface area (Å²) < 4.78 is 5.50. The summed E-state index contributed by atoms with van der Waals surface area (Å²) in [4.78, 5) is 10.9. The molecule has 0 bridgehead atoms. The molecule has 0 saturated heterocycles. The minimum atomic E-state index is -0.462. The summed E-state index contributed by atoms with van der Waals surface area (Å²) in [6.45, 7) is 12.6. The average Bonchev–Trinajstić information content (AvgIpc) is 2.83. The Morgan fingerprint density at radius 1 is 0.778 bits per heavy atom. The molecule has 3 rings (SSSR count). The van der Waals surface area contributed by atoms with Crippen LogP contribution >= 0.6 is 0 Å². The lowest BCUT2D eigenvalue weighted by Crippen LogP contribution is -2.13. The van der Waals surface area contributed by atoms with Crippen LogP contribution in [0.5, 0.6) is 5.75 Å². The standard InChI is InChI=1S/C28H33N5O3/c1-17(2)28(18(3)4)21-9-11-22(12-10-21)29-32-25-15-20(6)24(16-27(25)36-7)31-30-23-13-8-19(5)14-26(23)33(34)35/h8-18,28H,1-7H3/b31-30+,32-29+. The number of methoxy groups -OCH3 is 1. The van der Waals surface area contributed by atoms with E-state index in [-0.39, 0.29) is 11.4 Å². The lowest BCUT2D eigenvalue weighted by Gasteiger charge is -2.25. The molecule has 8 heteroatoms. The largest absolute Gasteiger partial charge is 0.494 e. The molecule has 3 aromatic carbocycles. The summed E-state index contributed by atoms with van der Waals surface area (Å²) in [6, 6.07) is 16.5. The Bertz CT molecular complexity index is 1270. The maximum absolute atomic E-state index is 11.4. The highest BCUT2D eigenvalue weighted by Gasteiger charge is 2.19. The number of ether oxygens (including phenoxy) is 1. The number of azo groups is 2. The van der Waals surface area contributed by atoms with Gasteiger partial charge in [-0.3, -0.25) is 10.1 Å². The minimum absolute atomic E-state index is 0.0899. The van der Waals surface area contributed by atoms with Crippen LogP contribution in [0.1, 0.15) is 50.3 Å². The predicted octanol–water partition coefficient (Wildman–Crippen LogP) is 9.45. The number of hydrogen-bond acceptors (Lipinski definition) is 7. The van der Waals surface area contributed by atoms with Crippen LogP contribution in [0.4, 0.5) is 28.4 Å². The molecular weight excluding hydrogens is 454 g/mol. The first-order valence-corrected chi connectivity index (χ1v) is 12.0. The third-order valence-electron chi connectivity index (χ3n) is 6.08. The van der Waals surface area contributed by atoms with Crippen molar-refractivity contribution in [2.45, 2.75) is 47.5 Å². The van der Waals surface area contributed by atoms with Gasteiger partial charge in [0.25, 0.3) is 5.69 Å². The van der Waals surface area contributed by atoms with E-state index in [1.54, 1.807) is 32.2 Å². The third-order valence-corrected chi connectivity index (χ3v) is 6.08. The lowest BCUT2D eigenvalue weighted by molar-refractivity contribution is -0.384. The molecular formula is C28H33N5O3. The number of nitro groups is 1. The molecule has 0 N–H and O–H groups in total. The number of rotatable bonds is 9. The first-order valence-electron chi connectivity index (χ1n) is 12.0. The topological polar surface area (TPSA) is 102 Å². The summed E-state index contributed by atoms with van der Waals surface area (Å²) in [6.07, 6.45) is 0. The molecule has 0 aliphatic carbocycles. The first kappa shape index (κ1) is 26.7. The summed E-state index contributed by atoms with van der Waals surface area (Å²) >= 11 is 0. The zero-order valence-electron chi connectivity index (χ0n) is 21.9. The number of aryl methyl sites for hydroxylation is 2. The van der Waals surface area contributed by atoms with Crippen molar-refractivity contribution in [2.24, 2.45) is 32.3 Å². The first-order chi connectivity index (χ1) is 17.1. The van der Waals surface area contributed by atoms with Crippen LogP contribution in [0.3, 0.4) is 0 Å². The fourth-order valence-electron chi connectivity index (χ4n) is 4.40. The van der Waals surface area contributed by atoms with Crippen LogP contribution in [0.25, 0.3) is 0 Å². The van der Waals surface area contributed by atoms with E-state index >= 15 is 0 Å². The molecule has 8 nitrogen and oxygen atoms in total. The Morgan fingerprint density at radius 3 is 1.97 bits per heavy atom. The summed E-state index contributed by atoms with van der Waals surface area (Å²) in [5.74, 6) is 2.07. The molecule has 0 radical (unpaired) electrons. The molecule has 0 saturated carbocycles. The number of nitrogens with zero attached hydrogens (tertiary/aromatic N) is 5. The van der Waals surface area contributed by atoms with Crippen LogP contribution in [-0.4, -0.2) is 12.0 Å². The van der Waals surface area contributed by atoms with E-state index in [4.69, 9.17) is 4.74 Å². The van der Waals surface area contributed by atoms with E-state index in [0.717, 1.165) is 16.8 Å². The average molecular weight is 488 g/mol. The second kappa shape index (κ2) is 11.7. The molecule has 0 aromatic heterocycles. The lowest BCUT2D eigenvalue weighted by atomic mass is 9.80. The van der Waals surface area contributed by atoms with E-state index in [1.807, 2.05) is 25.1 Å². The van der Waals surface area contributed by atoms with Crippen molar-refractivity contribution in [1.82, 2.24) is 0 Å². The van der Waals surface area contributed by atoms with Gasteiger partial charge in [-0.15, -0.1) is 15.3 Å². The van der Waals surface area contributed by atoms with Crippen LogP contribution in [0, 0.1) is 35.8 Å². The van der Waals surface area contributed by atoms with Gasteiger partial charge in [-0.2, -0.15) is 5.11 Å². The smallest absolute Gasteiger partial charge is 0.296 e. The van der Waals surface area contributed by atoms with Crippen molar-refractivity contribution >= 4 is 28.4 Å². The predicted molar refractivity (Wildman–Crippen MR) is 143 cm³/mol. The van der Waals surface area contributed by atoms with Crippen molar-refractivity contribution in [3.05, 3.63) is 81.4 Å². The van der Waals surface area contributed by atoms with Gasteiger partial charge in [0.05, 0.1) is 23.4 Å². The highest BCUT2D eigenvalue weighted by atomic mass is 16.6. The zero-order valence-corrected chi connectivity index (χ0v) is 21.9. The Hall–Kier alpha value is -3.94. The van der Waals surface area contributed by atoms with Gasteiger partial charge in [-0.1, -0.05) is 45.9 Å². The SMILES string of the molecule is COc1cc(/N=N/c2ccc(C)cc2[N+](=O)[O-])c(C)cc1/N=N/c1ccc(C(C(C)C)C(C)C)cc1. The highest BCUT2D eigenvalue weighted by Crippen LogP contribution is 2.38. The molecule has 188 valence electrons. The Balaban J connectivity index is 1.85. The summed E-state index contributed by atoms with van der Waals surface area (Å²) in [5, 5.41) is 28.5. The van der Waals surface area contributed by atoms with E-state index in [0.29, 0.717) is 34.9 Å². The third kappa shape index (κ3) is 6.38. The molecule has 0 spiro atoms. The molecule has 0 aliphatic rings. The van der Waals surface area contributed by atoms with Gasteiger partial charge in [-0.05, 0) is 72.6 Å². The fourth-order valence-corrected chi connectivity index (χ4v) is 4.40. The zero-order chi connectivity index (χ0) is 26.4. The van der Waals surface area contributed by atoms with E-state index in [1.165, 1.54) is 11.6 Å². The molecule has 0 amide bonds. The second-order valence-electron chi connectivity index (χ2n) is 9.57. The second-order valence-corrected chi connectivity index (χ2v) is 9.57. The van der Waals surface area contributed by atoms with Gasteiger partial charge in [0, 0.05) is 12.1 Å². The fraction of sp³-hybridized carbons (Fsp3) is 0.357. The maximum atomic E-state index is 11.4. The normalized spacial score (nSPS) is 11.9. The Labute approximate surface area is 212 Å². The van der Waals surface area contributed by atoms with Gasteiger partial charge >= 0.3 is 0 Å². The van der Waals surface area contributed by atoms with Crippen molar-refractivity contribution < 1.29 is 9.66 Å². The molecule has 0 heterocycles. The van der Waals surface area contributed by atoms with E-state index in [9.17, 15) is 10.1 Å². The van der Waals surface area contributed by atoms with Crippen LogP contribution in [0.2, 0.25) is 0 Å². The summed E-state index contributed by atoms with van der Waals surface area (Å²) in [5.41, 5.74) is 4.80. The molecule has 0 aliphatic heterocycles. The minimum Gasteiger partial charge on any atom is -0.494 e. The molecule has 3 aromatic rings. The quantitative estimate of drug-likeness (QED) is 0.170. The van der Waals surface area contributed by atoms with Crippen molar-refractivity contribution in [3.63, 3.8) is 0 Å². The molecule has 36 heavy (non-hydrogen) atoms. The molecule has 0 fully saturated rings. The number of benzene rings is 3. The van der Waals surface area contributed by atoms with Crippen LogP contribution < -0.4 is 4.74 Å². The molecule has 0 unspecified atom stereocenters. The maximum Gasteiger partial charge on any atom is 0.296 e. The van der Waals surface area contributed by atoms with Gasteiger partial charge in [0.1, 0.15) is 11.4 Å². The van der Waals surface area contributed by atoms with Gasteiger partial charge < -0.3 is 4.74 Å². The van der Waals surface area contributed by atoms with Gasteiger partial charge in [0.2, 0.25) is 0 Å². The molecule has 0 atom stereocenters. The monoisotopic (exact) mass is 487 g/mol. The van der Waals surface area contributed by atoms with Gasteiger partial charge in [0.15, 0.2) is 5.69 Å². The van der Waals surface area contributed by atoms with E-state index in [2.05, 4.69) is 60.3 Å². The van der Waals surface area contributed by atoms with Crippen LogP contribution in [-0.2, 0) is 0 Å². The Kier molecular flexibility index (Phi) is 8.64. The number of nitro benzene ring substituents is 1. The van der Waals surface area contributed by atoms with Crippen LogP contribution in [0.15, 0.2) is 75.1 Å². The van der Waals surface area contributed by atoms with Crippen molar-refractivity contribution in [3.8, 4) is 5.75 Å². The number of hydrogen-bond donors (Lipinski definition) is 0. The summed E-state index contributed by atoms with van der Waals surface area (Å²) in [7, 11) is 1.54. The highest BCUT2D eigenvalue weighted by molar-refractivity contribution is 5.64. The Morgan fingerprint density at radius 2 is 1.39 bits per heavy atom.